The Balaban J connectivity index is 2.95. The van der Waals surface area contributed by atoms with Crippen LogP contribution in [0.5, 0.6) is 0 Å². The van der Waals surface area contributed by atoms with E-state index >= 15 is 0 Å². The van der Waals surface area contributed by atoms with Crippen molar-refractivity contribution in [3.8, 4) is 0 Å². The van der Waals surface area contributed by atoms with Crippen LogP contribution in [0.3, 0.4) is 0 Å². The quantitative estimate of drug-likeness (QED) is 0.628. The SMILES string of the molecule is O=S(O)CCc1c(F)ccc(F)c1F. The third kappa shape index (κ3) is 2.55. The van der Waals surface area contributed by atoms with Crippen molar-refractivity contribution in [1.82, 2.24) is 0 Å². The summed E-state index contributed by atoms with van der Waals surface area (Å²) in [4.78, 5) is 0. The molecule has 1 unspecified atom stereocenters. The van der Waals surface area contributed by atoms with Crippen LogP contribution in [0.25, 0.3) is 0 Å². The van der Waals surface area contributed by atoms with Gasteiger partial charge < -0.3 is 4.55 Å². The minimum Gasteiger partial charge on any atom is -0.306 e. The lowest BCUT2D eigenvalue weighted by atomic mass is 10.1. The smallest absolute Gasteiger partial charge is 0.164 e. The maximum absolute atomic E-state index is 12.9. The van der Waals surface area contributed by atoms with E-state index in [0.29, 0.717) is 6.07 Å². The zero-order chi connectivity index (χ0) is 10.7. The summed E-state index contributed by atoms with van der Waals surface area (Å²) in [7, 11) is 0. The molecule has 1 rings (SSSR count). The minimum absolute atomic E-state index is 0.307. The molecule has 1 atom stereocenters. The first kappa shape index (κ1) is 11.2. The first-order valence-electron chi connectivity index (χ1n) is 3.72. The number of hydrogen-bond donors (Lipinski definition) is 1. The van der Waals surface area contributed by atoms with Crippen LogP contribution < -0.4 is 0 Å². The summed E-state index contributed by atoms with van der Waals surface area (Å²) in [5.41, 5.74) is -0.493. The normalized spacial score (nSPS) is 12.9. The fraction of sp³-hybridized carbons (Fsp3) is 0.250. The monoisotopic (exact) mass is 224 g/mol. The lowest BCUT2D eigenvalue weighted by Gasteiger charge is -2.03. The molecule has 0 fully saturated rings. The van der Waals surface area contributed by atoms with Crippen LogP contribution >= 0.6 is 0 Å². The topological polar surface area (TPSA) is 37.3 Å². The minimum atomic E-state index is -2.14. The van der Waals surface area contributed by atoms with Gasteiger partial charge in [0.2, 0.25) is 0 Å². The average molecular weight is 224 g/mol. The van der Waals surface area contributed by atoms with Crippen molar-refractivity contribution in [2.75, 3.05) is 5.75 Å². The fourth-order valence-corrected chi connectivity index (χ4v) is 1.37. The predicted molar refractivity (Wildman–Crippen MR) is 45.7 cm³/mol. The molecule has 0 spiro atoms. The van der Waals surface area contributed by atoms with Gasteiger partial charge in [-0.25, -0.2) is 17.4 Å². The van der Waals surface area contributed by atoms with E-state index in [-0.39, 0.29) is 12.2 Å². The molecule has 0 radical (unpaired) electrons. The molecule has 0 saturated heterocycles. The molecule has 1 aromatic carbocycles. The fourth-order valence-electron chi connectivity index (χ4n) is 0.988. The molecule has 14 heavy (non-hydrogen) atoms. The second kappa shape index (κ2) is 4.56. The number of benzene rings is 1. The molecule has 1 aromatic rings. The van der Waals surface area contributed by atoms with Gasteiger partial charge in [0, 0.05) is 5.56 Å². The Morgan fingerprint density at radius 1 is 1.21 bits per heavy atom. The molecule has 0 aliphatic carbocycles. The number of rotatable bonds is 3. The van der Waals surface area contributed by atoms with Crippen LogP contribution in [0.4, 0.5) is 13.2 Å². The summed E-state index contributed by atoms with van der Waals surface area (Å²) in [6, 6.07) is 1.46. The van der Waals surface area contributed by atoms with Gasteiger partial charge in [-0.3, -0.25) is 0 Å². The van der Waals surface area contributed by atoms with Crippen molar-refractivity contribution in [3.63, 3.8) is 0 Å². The Morgan fingerprint density at radius 2 is 1.79 bits per heavy atom. The molecule has 1 N–H and O–H groups in total. The van der Waals surface area contributed by atoms with Crippen molar-refractivity contribution in [3.05, 3.63) is 35.1 Å². The standard InChI is InChI=1S/C8H7F3O2S/c9-6-1-2-7(10)8(11)5(6)3-4-14(12)13/h1-2H,3-4H2,(H,12,13). The van der Waals surface area contributed by atoms with Gasteiger partial charge in [0.15, 0.2) is 22.7 Å². The van der Waals surface area contributed by atoms with Gasteiger partial charge in [-0.1, -0.05) is 0 Å². The zero-order valence-corrected chi connectivity index (χ0v) is 7.78. The summed E-state index contributed by atoms with van der Waals surface area (Å²) in [6.07, 6.45) is -0.307. The van der Waals surface area contributed by atoms with Gasteiger partial charge in [-0.05, 0) is 18.6 Å². The molecule has 78 valence electrons. The molecule has 0 aliphatic rings. The molecule has 0 saturated carbocycles. The lowest BCUT2D eigenvalue weighted by Crippen LogP contribution is -2.05. The Morgan fingerprint density at radius 3 is 2.36 bits per heavy atom. The first-order chi connectivity index (χ1) is 6.52. The maximum atomic E-state index is 12.9. The van der Waals surface area contributed by atoms with Gasteiger partial charge in [-0.2, -0.15) is 0 Å². The maximum Gasteiger partial charge on any atom is 0.164 e. The highest BCUT2D eigenvalue weighted by Gasteiger charge is 2.13. The molecule has 2 nitrogen and oxygen atoms in total. The number of hydrogen-bond acceptors (Lipinski definition) is 1. The summed E-state index contributed by atoms with van der Waals surface area (Å²) in [6.45, 7) is 0. The van der Waals surface area contributed by atoms with E-state index < -0.39 is 34.1 Å². The van der Waals surface area contributed by atoms with E-state index in [0.717, 1.165) is 6.07 Å². The first-order valence-corrected chi connectivity index (χ1v) is 4.99. The van der Waals surface area contributed by atoms with Crippen molar-refractivity contribution in [2.24, 2.45) is 0 Å². The van der Waals surface area contributed by atoms with Crippen LogP contribution in [0, 0.1) is 17.5 Å². The molecule has 6 heteroatoms. The third-order valence-corrected chi connectivity index (χ3v) is 2.22. The van der Waals surface area contributed by atoms with Crippen molar-refractivity contribution >= 4 is 11.1 Å². The molecule has 0 amide bonds. The van der Waals surface area contributed by atoms with E-state index in [1.165, 1.54) is 0 Å². The van der Waals surface area contributed by atoms with Crippen LogP contribution in [-0.4, -0.2) is 14.5 Å². The van der Waals surface area contributed by atoms with E-state index in [1.807, 2.05) is 0 Å². The highest BCUT2D eigenvalue weighted by atomic mass is 32.2. The van der Waals surface area contributed by atoms with Crippen molar-refractivity contribution in [1.29, 1.82) is 0 Å². The van der Waals surface area contributed by atoms with E-state index in [4.69, 9.17) is 4.55 Å². The molecular weight excluding hydrogens is 217 g/mol. The molecule has 0 bridgehead atoms. The Hall–Kier alpha value is -0.880. The van der Waals surface area contributed by atoms with Crippen LogP contribution in [-0.2, 0) is 17.5 Å². The van der Waals surface area contributed by atoms with Gasteiger partial charge in [0.1, 0.15) is 5.82 Å². The van der Waals surface area contributed by atoms with Gasteiger partial charge in [-0.15, -0.1) is 0 Å². The van der Waals surface area contributed by atoms with Crippen molar-refractivity contribution in [2.45, 2.75) is 6.42 Å². The van der Waals surface area contributed by atoms with Crippen LogP contribution in [0.1, 0.15) is 5.56 Å². The van der Waals surface area contributed by atoms with E-state index in [2.05, 4.69) is 0 Å². The predicted octanol–water partition coefficient (Wildman–Crippen LogP) is 1.87. The van der Waals surface area contributed by atoms with Gasteiger partial charge in [0.25, 0.3) is 0 Å². The zero-order valence-electron chi connectivity index (χ0n) is 6.97. The van der Waals surface area contributed by atoms with Crippen LogP contribution in [0.15, 0.2) is 12.1 Å². The Bertz CT molecular complexity index is 368. The molecule has 0 heterocycles. The molecular formula is C8H7F3O2S. The largest absolute Gasteiger partial charge is 0.306 e. The summed E-state index contributed by atoms with van der Waals surface area (Å²) < 4.78 is 57.1. The Kier molecular flexibility index (Phi) is 3.65. The van der Waals surface area contributed by atoms with Gasteiger partial charge >= 0.3 is 0 Å². The summed E-state index contributed by atoms with van der Waals surface area (Å²) >= 11 is -2.14. The average Bonchev–Trinajstić information content (AvgIpc) is 2.11. The highest BCUT2D eigenvalue weighted by molar-refractivity contribution is 7.79. The third-order valence-electron chi connectivity index (χ3n) is 1.67. The highest BCUT2D eigenvalue weighted by Crippen LogP contribution is 2.16. The second-order valence-corrected chi connectivity index (χ2v) is 3.65. The van der Waals surface area contributed by atoms with Gasteiger partial charge in [0.05, 0.1) is 5.75 Å². The summed E-state index contributed by atoms with van der Waals surface area (Å²) in [5, 5.41) is 0. The molecule has 0 aromatic heterocycles. The summed E-state index contributed by atoms with van der Waals surface area (Å²) in [5.74, 6) is -3.69. The van der Waals surface area contributed by atoms with E-state index in [9.17, 15) is 17.4 Å². The Labute approximate surface area is 81.0 Å². The van der Waals surface area contributed by atoms with E-state index in [1.54, 1.807) is 0 Å². The lowest BCUT2D eigenvalue weighted by molar-refractivity contribution is 0.480. The number of halogens is 3. The molecule has 0 aliphatic heterocycles. The van der Waals surface area contributed by atoms with Crippen molar-refractivity contribution < 1.29 is 21.9 Å². The second-order valence-electron chi connectivity index (χ2n) is 2.60. The van der Waals surface area contributed by atoms with Crippen LogP contribution in [0.2, 0.25) is 0 Å².